The summed E-state index contributed by atoms with van der Waals surface area (Å²) >= 11 is 3.05. The molecule has 0 spiro atoms. The third-order valence-electron chi connectivity index (χ3n) is 4.18. The molecule has 1 unspecified atom stereocenters. The first-order valence-electron chi connectivity index (χ1n) is 7.42. The van der Waals surface area contributed by atoms with E-state index in [-0.39, 0.29) is 0 Å². The molecule has 4 nitrogen and oxygen atoms in total. The van der Waals surface area contributed by atoms with Crippen molar-refractivity contribution in [3.8, 4) is 16.8 Å². The molecule has 0 aliphatic heterocycles. The Bertz CT molecular complexity index is 706. The Morgan fingerprint density at radius 2 is 2.27 bits per heavy atom. The molecule has 3 rings (SSSR count). The lowest BCUT2D eigenvalue weighted by molar-refractivity contribution is 0.217. The van der Waals surface area contributed by atoms with Crippen LogP contribution in [0.4, 0.5) is 0 Å². The topological polar surface area (TPSA) is 62.7 Å². The fourth-order valence-electron chi connectivity index (χ4n) is 2.83. The number of aryl methyl sites for hydroxylation is 1. The van der Waals surface area contributed by atoms with Crippen molar-refractivity contribution in [1.82, 2.24) is 10.2 Å². The largest absolute Gasteiger partial charge is 0.410 e. The van der Waals surface area contributed by atoms with Gasteiger partial charge in [0.2, 0.25) is 0 Å². The summed E-state index contributed by atoms with van der Waals surface area (Å²) in [4.78, 5) is 2.51. The highest BCUT2D eigenvalue weighted by atomic mass is 32.2. The van der Waals surface area contributed by atoms with Gasteiger partial charge in [0.15, 0.2) is 0 Å². The molecule has 0 saturated heterocycles. The van der Waals surface area contributed by atoms with E-state index >= 15 is 0 Å². The van der Waals surface area contributed by atoms with Gasteiger partial charge in [0.05, 0.1) is 16.7 Å². The van der Waals surface area contributed by atoms with Crippen LogP contribution in [-0.2, 0) is 12.8 Å². The van der Waals surface area contributed by atoms with Crippen LogP contribution in [0.25, 0.3) is 10.8 Å². The lowest BCUT2D eigenvalue weighted by Gasteiger charge is -2.33. The van der Waals surface area contributed by atoms with Crippen molar-refractivity contribution in [2.24, 2.45) is 11.3 Å². The van der Waals surface area contributed by atoms with E-state index in [9.17, 15) is 0 Å². The summed E-state index contributed by atoms with van der Waals surface area (Å²) in [6.07, 6.45) is 3.54. The van der Waals surface area contributed by atoms with Crippen molar-refractivity contribution >= 4 is 23.1 Å². The first kappa shape index (κ1) is 15.6. The van der Waals surface area contributed by atoms with Crippen LogP contribution < -0.4 is 0 Å². The standard InChI is InChI=1S/C16H19N3OS2/c1-16(2,3)11-4-5-12-10(8-11)9-13(22-12)14-18-19-15(20-14)21-7-6-17/h9,11H,4-5,7-8H2,1-3H3. The third-order valence-corrected chi connectivity index (χ3v) is 6.10. The number of rotatable bonds is 3. The molecule has 0 amide bonds. The van der Waals surface area contributed by atoms with Crippen LogP contribution >= 0.6 is 23.1 Å². The average Bonchev–Trinajstić information content (AvgIpc) is 3.09. The van der Waals surface area contributed by atoms with Gasteiger partial charge in [-0.15, -0.1) is 21.5 Å². The number of thioether (sulfide) groups is 1. The number of hydrogen-bond donors (Lipinski definition) is 0. The number of aromatic nitrogens is 2. The van der Waals surface area contributed by atoms with E-state index in [1.165, 1.54) is 28.6 Å². The lowest BCUT2D eigenvalue weighted by atomic mass is 9.72. The van der Waals surface area contributed by atoms with E-state index < -0.39 is 0 Å². The predicted octanol–water partition coefficient (Wildman–Crippen LogP) is 4.56. The van der Waals surface area contributed by atoms with E-state index in [1.54, 1.807) is 11.3 Å². The van der Waals surface area contributed by atoms with Gasteiger partial charge < -0.3 is 4.42 Å². The first-order chi connectivity index (χ1) is 10.5. The van der Waals surface area contributed by atoms with Crippen molar-refractivity contribution < 1.29 is 4.42 Å². The summed E-state index contributed by atoms with van der Waals surface area (Å²) in [6.45, 7) is 6.98. The van der Waals surface area contributed by atoms with Gasteiger partial charge in [0, 0.05) is 4.88 Å². The normalized spacial score (nSPS) is 18.0. The van der Waals surface area contributed by atoms with E-state index in [0.29, 0.717) is 22.3 Å². The summed E-state index contributed by atoms with van der Waals surface area (Å²) in [5.74, 6) is 1.63. The molecule has 0 N–H and O–H groups in total. The maximum absolute atomic E-state index is 8.59. The molecule has 6 heteroatoms. The second-order valence-electron chi connectivity index (χ2n) is 6.68. The second kappa shape index (κ2) is 6.05. The van der Waals surface area contributed by atoms with Crippen LogP contribution in [0.5, 0.6) is 0 Å². The molecule has 116 valence electrons. The Hall–Kier alpha value is -1.32. The molecule has 2 heterocycles. The van der Waals surface area contributed by atoms with Gasteiger partial charge in [-0.3, -0.25) is 0 Å². The Kier molecular flexibility index (Phi) is 4.28. The fraction of sp³-hybridized carbons (Fsp3) is 0.562. The van der Waals surface area contributed by atoms with E-state index in [0.717, 1.165) is 23.6 Å². The van der Waals surface area contributed by atoms with Crippen LogP contribution in [0.3, 0.4) is 0 Å². The van der Waals surface area contributed by atoms with E-state index in [2.05, 4.69) is 43.1 Å². The minimum Gasteiger partial charge on any atom is -0.410 e. The Morgan fingerprint density at radius 1 is 1.45 bits per heavy atom. The van der Waals surface area contributed by atoms with Crippen LogP contribution in [-0.4, -0.2) is 16.0 Å². The Morgan fingerprint density at radius 3 is 3.00 bits per heavy atom. The summed E-state index contributed by atoms with van der Waals surface area (Å²) in [5, 5.41) is 17.2. The smallest absolute Gasteiger partial charge is 0.277 e. The highest BCUT2D eigenvalue weighted by molar-refractivity contribution is 7.99. The molecule has 1 aliphatic rings. The van der Waals surface area contributed by atoms with Gasteiger partial charge in [0.25, 0.3) is 11.1 Å². The van der Waals surface area contributed by atoms with Gasteiger partial charge in [0.1, 0.15) is 0 Å². The number of hydrogen-bond acceptors (Lipinski definition) is 6. The molecule has 22 heavy (non-hydrogen) atoms. The zero-order chi connectivity index (χ0) is 15.7. The van der Waals surface area contributed by atoms with Crippen molar-refractivity contribution in [3.63, 3.8) is 0 Å². The summed E-state index contributed by atoms with van der Waals surface area (Å²) < 4.78 is 5.64. The highest BCUT2D eigenvalue weighted by Gasteiger charge is 2.30. The van der Waals surface area contributed by atoms with Crippen LogP contribution in [0.2, 0.25) is 0 Å². The number of fused-ring (bicyclic) bond motifs is 1. The zero-order valence-electron chi connectivity index (χ0n) is 13.0. The Labute approximate surface area is 138 Å². The van der Waals surface area contributed by atoms with Gasteiger partial charge >= 0.3 is 0 Å². The minimum absolute atomic E-state index is 0.329. The Balaban J connectivity index is 1.79. The monoisotopic (exact) mass is 333 g/mol. The molecule has 0 bridgehead atoms. The SMILES string of the molecule is CC(C)(C)C1CCc2sc(-c3nnc(SCC#N)o3)cc2C1. The van der Waals surface area contributed by atoms with Gasteiger partial charge in [-0.25, -0.2) is 0 Å². The van der Waals surface area contributed by atoms with Crippen LogP contribution in [0, 0.1) is 22.7 Å². The van der Waals surface area contributed by atoms with Crippen molar-refractivity contribution in [2.45, 2.75) is 45.3 Å². The average molecular weight is 333 g/mol. The zero-order valence-corrected chi connectivity index (χ0v) is 14.7. The minimum atomic E-state index is 0.329. The molecule has 1 aliphatic carbocycles. The summed E-state index contributed by atoms with van der Waals surface area (Å²) in [6, 6.07) is 4.27. The van der Waals surface area contributed by atoms with Crippen molar-refractivity contribution in [2.75, 3.05) is 5.75 Å². The summed E-state index contributed by atoms with van der Waals surface area (Å²) in [5.41, 5.74) is 1.79. The predicted molar refractivity (Wildman–Crippen MR) is 88.9 cm³/mol. The molecular formula is C16H19N3OS2. The molecule has 0 aromatic carbocycles. The second-order valence-corrected chi connectivity index (χ2v) is 8.75. The highest BCUT2D eigenvalue weighted by Crippen LogP contribution is 2.42. The fourth-order valence-corrected chi connectivity index (χ4v) is 4.38. The van der Waals surface area contributed by atoms with Gasteiger partial charge in [-0.2, -0.15) is 5.26 Å². The number of nitriles is 1. The maximum Gasteiger partial charge on any atom is 0.277 e. The molecule has 2 aromatic heterocycles. The number of nitrogens with zero attached hydrogens (tertiary/aromatic N) is 3. The van der Waals surface area contributed by atoms with Crippen molar-refractivity contribution in [1.29, 1.82) is 5.26 Å². The van der Waals surface area contributed by atoms with Gasteiger partial charge in [-0.1, -0.05) is 32.5 Å². The quantitative estimate of drug-likeness (QED) is 0.770. The lowest BCUT2D eigenvalue weighted by Crippen LogP contribution is -2.26. The molecule has 2 aromatic rings. The van der Waals surface area contributed by atoms with E-state index in [4.69, 9.17) is 9.68 Å². The van der Waals surface area contributed by atoms with E-state index in [1.807, 2.05) is 0 Å². The molecule has 1 atom stereocenters. The molecule has 0 fully saturated rings. The van der Waals surface area contributed by atoms with Crippen LogP contribution in [0.1, 0.15) is 37.6 Å². The van der Waals surface area contributed by atoms with Crippen LogP contribution in [0.15, 0.2) is 15.7 Å². The summed E-state index contributed by atoms with van der Waals surface area (Å²) in [7, 11) is 0. The third kappa shape index (κ3) is 3.21. The number of thiophene rings is 1. The molecule has 0 radical (unpaired) electrons. The van der Waals surface area contributed by atoms with Crippen molar-refractivity contribution in [3.05, 3.63) is 16.5 Å². The maximum atomic E-state index is 8.59. The molecule has 0 saturated carbocycles. The van der Waals surface area contributed by atoms with Gasteiger partial charge in [-0.05, 0) is 42.2 Å². The molecular weight excluding hydrogens is 314 g/mol. The first-order valence-corrected chi connectivity index (χ1v) is 9.23.